The van der Waals surface area contributed by atoms with Crippen molar-refractivity contribution >= 4 is 15.9 Å². The summed E-state index contributed by atoms with van der Waals surface area (Å²) in [5.74, 6) is -0.149. The fraction of sp³-hybridized carbons (Fsp3) is 0.600. The lowest BCUT2D eigenvalue weighted by atomic mass is 9.88. The van der Waals surface area contributed by atoms with Crippen LogP contribution in [0.15, 0.2) is 17.3 Å². The Kier molecular flexibility index (Phi) is 3.61. The number of nitrogens with zero attached hydrogens (tertiary/aromatic N) is 2. The van der Waals surface area contributed by atoms with Crippen molar-refractivity contribution in [1.82, 2.24) is 19.8 Å². The van der Waals surface area contributed by atoms with Crippen LogP contribution in [-0.2, 0) is 10.0 Å². The molecule has 1 aliphatic rings. The number of hydrogen-bond acceptors (Lipinski definition) is 5. The second-order valence-electron chi connectivity index (χ2n) is 4.83. The lowest BCUT2D eigenvalue weighted by Crippen LogP contribution is -2.61. The first kappa shape index (κ1) is 14.0. The van der Waals surface area contributed by atoms with Crippen LogP contribution in [-0.4, -0.2) is 55.0 Å². The summed E-state index contributed by atoms with van der Waals surface area (Å²) in [4.78, 5) is 2.08. The fourth-order valence-electron chi connectivity index (χ4n) is 2.13. The number of rotatable bonds is 4. The Morgan fingerprint density at radius 2 is 2.21 bits per heavy atom. The van der Waals surface area contributed by atoms with Crippen molar-refractivity contribution in [1.29, 1.82) is 5.41 Å². The molecule has 19 heavy (non-hydrogen) atoms. The number of nitrogens with two attached hydrogens (primary N) is 1. The topological polar surface area (TPSA) is 128 Å². The second kappa shape index (κ2) is 4.91. The molecule has 8 nitrogen and oxygen atoms in total. The molecule has 0 atom stereocenters. The van der Waals surface area contributed by atoms with Crippen LogP contribution in [0.5, 0.6) is 0 Å². The van der Waals surface area contributed by atoms with Crippen LogP contribution in [0.4, 0.5) is 0 Å². The highest BCUT2D eigenvalue weighted by Gasteiger charge is 2.40. The van der Waals surface area contributed by atoms with Gasteiger partial charge in [-0.05, 0) is 26.0 Å². The Balaban J connectivity index is 2.25. The SMILES string of the molecule is CN1CCC(NS(=O)(=O)c2ccn[nH]2)(C(=N)N)CC1. The van der Waals surface area contributed by atoms with Gasteiger partial charge in [0.05, 0.1) is 11.7 Å². The molecular weight excluding hydrogens is 268 g/mol. The van der Waals surface area contributed by atoms with E-state index in [2.05, 4.69) is 19.8 Å². The normalized spacial score (nSPS) is 20.3. The van der Waals surface area contributed by atoms with E-state index in [1.807, 2.05) is 7.05 Å². The van der Waals surface area contributed by atoms with E-state index in [0.717, 1.165) is 0 Å². The van der Waals surface area contributed by atoms with Gasteiger partial charge in [-0.25, -0.2) is 8.42 Å². The minimum absolute atomic E-state index is 0.0212. The van der Waals surface area contributed by atoms with Crippen LogP contribution < -0.4 is 10.5 Å². The van der Waals surface area contributed by atoms with Crippen LogP contribution in [0.3, 0.4) is 0 Å². The third kappa shape index (κ3) is 2.77. The van der Waals surface area contributed by atoms with Crippen molar-refractivity contribution in [2.75, 3.05) is 20.1 Å². The molecule has 2 rings (SSSR count). The summed E-state index contributed by atoms with van der Waals surface area (Å²) < 4.78 is 27.0. The van der Waals surface area contributed by atoms with Crippen LogP contribution in [0.1, 0.15) is 12.8 Å². The fourth-order valence-corrected chi connectivity index (χ4v) is 3.48. The van der Waals surface area contributed by atoms with E-state index in [9.17, 15) is 8.42 Å². The van der Waals surface area contributed by atoms with Gasteiger partial charge in [0.15, 0.2) is 5.03 Å². The average molecular weight is 286 g/mol. The third-order valence-electron chi connectivity index (χ3n) is 3.45. The van der Waals surface area contributed by atoms with Crippen LogP contribution in [0, 0.1) is 5.41 Å². The smallest absolute Gasteiger partial charge is 0.258 e. The third-order valence-corrected chi connectivity index (χ3v) is 4.92. The van der Waals surface area contributed by atoms with E-state index in [-0.39, 0.29) is 10.9 Å². The van der Waals surface area contributed by atoms with Gasteiger partial charge in [0, 0.05) is 13.1 Å². The molecule has 2 heterocycles. The molecular formula is C10H18N6O2S. The highest BCUT2D eigenvalue weighted by atomic mass is 32.2. The number of H-pyrrole nitrogens is 1. The first-order chi connectivity index (χ1) is 8.86. The molecule has 106 valence electrons. The van der Waals surface area contributed by atoms with E-state index in [4.69, 9.17) is 11.1 Å². The van der Waals surface area contributed by atoms with Crippen molar-refractivity contribution in [3.8, 4) is 0 Å². The highest BCUT2D eigenvalue weighted by Crippen LogP contribution is 2.23. The number of sulfonamides is 1. The summed E-state index contributed by atoms with van der Waals surface area (Å²) in [6.45, 7) is 1.37. The molecule has 1 aromatic rings. The predicted octanol–water partition coefficient (Wildman–Crippen LogP) is -0.912. The molecule has 0 spiro atoms. The Hall–Kier alpha value is -1.45. The van der Waals surface area contributed by atoms with Gasteiger partial charge in [-0.3, -0.25) is 10.5 Å². The van der Waals surface area contributed by atoms with E-state index < -0.39 is 15.6 Å². The maximum atomic E-state index is 12.2. The lowest BCUT2D eigenvalue weighted by Gasteiger charge is -2.39. The molecule has 1 aliphatic heterocycles. The van der Waals surface area contributed by atoms with Crippen LogP contribution in [0.25, 0.3) is 0 Å². The second-order valence-corrected chi connectivity index (χ2v) is 6.48. The zero-order valence-corrected chi connectivity index (χ0v) is 11.5. The summed E-state index contributed by atoms with van der Waals surface area (Å²) in [6.07, 6.45) is 2.32. The van der Waals surface area contributed by atoms with Gasteiger partial charge < -0.3 is 10.6 Å². The van der Waals surface area contributed by atoms with Crippen molar-refractivity contribution in [3.63, 3.8) is 0 Å². The zero-order chi connectivity index (χ0) is 14.1. The Labute approximate surface area is 111 Å². The van der Waals surface area contributed by atoms with Crippen LogP contribution in [0.2, 0.25) is 0 Å². The summed E-state index contributed by atoms with van der Waals surface area (Å²) in [6, 6.07) is 1.37. The molecule has 1 saturated heterocycles. The summed E-state index contributed by atoms with van der Waals surface area (Å²) in [7, 11) is -1.79. The zero-order valence-electron chi connectivity index (χ0n) is 10.7. The van der Waals surface area contributed by atoms with Gasteiger partial charge in [-0.1, -0.05) is 0 Å². The average Bonchev–Trinajstić information content (AvgIpc) is 2.86. The molecule has 0 radical (unpaired) electrons. The Morgan fingerprint density at radius 1 is 1.58 bits per heavy atom. The first-order valence-corrected chi connectivity index (χ1v) is 7.40. The van der Waals surface area contributed by atoms with Gasteiger partial charge in [0.1, 0.15) is 5.84 Å². The molecule has 0 aliphatic carbocycles. The number of nitrogens with one attached hydrogen (secondary N) is 3. The molecule has 0 unspecified atom stereocenters. The molecule has 0 amide bonds. The van der Waals surface area contributed by atoms with E-state index in [0.29, 0.717) is 25.9 Å². The standard InChI is InChI=1S/C10H18N6O2S/c1-16-6-3-10(4-7-16,9(11)12)15-19(17,18)8-2-5-13-14-8/h2,5,15H,3-4,6-7H2,1H3,(H3,11,12)(H,13,14). The number of aromatic amines is 1. The van der Waals surface area contributed by atoms with Crippen molar-refractivity contribution < 1.29 is 8.42 Å². The maximum Gasteiger partial charge on any atom is 0.258 e. The van der Waals surface area contributed by atoms with Crippen molar-refractivity contribution in [3.05, 3.63) is 12.3 Å². The summed E-state index contributed by atoms with van der Waals surface area (Å²) in [5, 5.41) is 13.7. The van der Waals surface area contributed by atoms with Gasteiger partial charge >= 0.3 is 0 Å². The molecule has 9 heteroatoms. The van der Waals surface area contributed by atoms with Gasteiger partial charge in [-0.2, -0.15) is 9.82 Å². The van der Waals surface area contributed by atoms with Gasteiger partial charge in [0.25, 0.3) is 10.0 Å². The largest absolute Gasteiger partial charge is 0.386 e. The Bertz CT molecular complexity index is 545. The lowest BCUT2D eigenvalue weighted by molar-refractivity contribution is 0.218. The molecule has 0 aromatic carbocycles. The Morgan fingerprint density at radius 3 is 2.68 bits per heavy atom. The minimum atomic E-state index is -3.74. The number of amidine groups is 1. The minimum Gasteiger partial charge on any atom is -0.386 e. The van der Waals surface area contributed by atoms with Crippen molar-refractivity contribution in [2.45, 2.75) is 23.4 Å². The van der Waals surface area contributed by atoms with Gasteiger partial charge in [0.2, 0.25) is 0 Å². The van der Waals surface area contributed by atoms with E-state index in [1.165, 1.54) is 12.3 Å². The summed E-state index contributed by atoms with van der Waals surface area (Å²) in [5.41, 5.74) is 4.62. The maximum absolute atomic E-state index is 12.2. The molecule has 0 bridgehead atoms. The number of piperidine rings is 1. The van der Waals surface area contributed by atoms with Crippen molar-refractivity contribution in [2.24, 2.45) is 5.73 Å². The van der Waals surface area contributed by atoms with E-state index in [1.54, 1.807) is 0 Å². The number of likely N-dealkylation sites (tertiary alicyclic amines) is 1. The number of hydrogen-bond donors (Lipinski definition) is 4. The first-order valence-electron chi connectivity index (χ1n) is 5.92. The predicted molar refractivity (Wildman–Crippen MR) is 70.3 cm³/mol. The van der Waals surface area contributed by atoms with Gasteiger partial charge in [-0.15, -0.1) is 0 Å². The number of aromatic nitrogens is 2. The highest BCUT2D eigenvalue weighted by molar-refractivity contribution is 7.89. The quantitative estimate of drug-likeness (QED) is 0.421. The van der Waals surface area contributed by atoms with E-state index >= 15 is 0 Å². The molecule has 1 fully saturated rings. The van der Waals surface area contributed by atoms with Crippen LogP contribution >= 0.6 is 0 Å². The monoisotopic (exact) mass is 286 g/mol. The molecule has 5 N–H and O–H groups in total. The molecule has 0 saturated carbocycles. The molecule has 1 aromatic heterocycles. The summed E-state index contributed by atoms with van der Waals surface area (Å²) >= 11 is 0.